The summed E-state index contributed by atoms with van der Waals surface area (Å²) in [6.45, 7) is 12.3. The number of aromatic nitrogens is 1. The van der Waals surface area contributed by atoms with Crippen LogP contribution in [0.1, 0.15) is 46.2 Å². The van der Waals surface area contributed by atoms with Crippen LogP contribution in [-0.2, 0) is 0 Å². The quantitative estimate of drug-likeness (QED) is 0.823. The van der Waals surface area contributed by atoms with Crippen LogP contribution in [0.4, 0.5) is 0 Å². The molecule has 1 heterocycles. The number of nitrogens with zero attached hydrogens (tertiary/aromatic N) is 2. The standard InChI is InChI=1S/C15H27N3O/c1-11(2)18(12(3)4)8-9-19-15-10-14(13(5)16)6-7-17-15/h6-7,10-13H,8-9,16H2,1-5H3. The highest BCUT2D eigenvalue weighted by Gasteiger charge is 2.13. The minimum atomic E-state index is 0.00757. The van der Waals surface area contributed by atoms with Gasteiger partial charge in [0.2, 0.25) is 5.88 Å². The molecule has 0 aliphatic rings. The van der Waals surface area contributed by atoms with Crippen LogP contribution < -0.4 is 10.5 Å². The normalized spacial score (nSPS) is 13.3. The fourth-order valence-corrected chi connectivity index (χ4v) is 2.16. The van der Waals surface area contributed by atoms with Crippen molar-refractivity contribution in [1.29, 1.82) is 0 Å². The predicted octanol–water partition coefficient (Wildman–Crippen LogP) is 2.60. The Morgan fingerprint density at radius 2 is 1.84 bits per heavy atom. The van der Waals surface area contributed by atoms with E-state index >= 15 is 0 Å². The topological polar surface area (TPSA) is 51.4 Å². The molecule has 19 heavy (non-hydrogen) atoms. The fraction of sp³-hybridized carbons (Fsp3) is 0.667. The summed E-state index contributed by atoms with van der Waals surface area (Å²) in [5.74, 6) is 0.655. The van der Waals surface area contributed by atoms with Crippen LogP contribution in [0.25, 0.3) is 0 Å². The van der Waals surface area contributed by atoms with Crippen LogP contribution in [0, 0.1) is 0 Å². The fourth-order valence-electron chi connectivity index (χ4n) is 2.16. The van der Waals surface area contributed by atoms with Crippen LogP contribution >= 0.6 is 0 Å². The molecular weight excluding hydrogens is 238 g/mol. The first-order valence-corrected chi connectivity index (χ1v) is 7.02. The summed E-state index contributed by atoms with van der Waals surface area (Å²) in [5, 5.41) is 0. The summed E-state index contributed by atoms with van der Waals surface area (Å²) >= 11 is 0. The lowest BCUT2D eigenvalue weighted by atomic mass is 10.1. The molecular formula is C15H27N3O. The Hall–Kier alpha value is -1.13. The van der Waals surface area contributed by atoms with Crippen molar-refractivity contribution in [2.45, 2.75) is 52.7 Å². The number of rotatable bonds is 7. The van der Waals surface area contributed by atoms with Gasteiger partial charge in [0.1, 0.15) is 6.61 Å². The third kappa shape index (κ3) is 5.17. The van der Waals surface area contributed by atoms with Gasteiger partial charge >= 0.3 is 0 Å². The average molecular weight is 265 g/mol. The Kier molecular flexibility index (Phi) is 6.25. The van der Waals surface area contributed by atoms with Gasteiger partial charge in [0, 0.05) is 36.9 Å². The van der Waals surface area contributed by atoms with E-state index < -0.39 is 0 Å². The summed E-state index contributed by atoms with van der Waals surface area (Å²) in [6, 6.07) is 4.89. The first-order valence-electron chi connectivity index (χ1n) is 7.02. The first-order chi connectivity index (χ1) is 8.91. The van der Waals surface area contributed by atoms with E-state index in [2.05, 4.69) is 37.6 Å². The Bertz CT molecular complexity index is 369. The Morgan fingerprint density at radius 1 is 1.21 bits per heavy atom. The lowest BCUT2D eigenvalue weighted by Gasteiger charge is -2.30. The van der Waals surface area contributed by atoms with Crippen molar-refractivity contribution in [3.8, 4) is 5.88 Å². The van der Waals surface area contributed by atoms with E-state index in [1.54, 1.807) is 6.20 Å². The lowest BCUT2D eigenvalue weighted by molar-refractivity contribution is 0.140. The van der Waals surface area contributed by atoms with Gasteiger partial charge in [0.05, 0.1) is 0 Å². The number of hydrogen-bond donors (Lipinski definition) is 1. The molecule has 1 aromatic heterocycles. The van der Waals surface area contributed by atoms with Gasteiger partial charge in [-0.2, -0.15) is 0 Å². The molecule has 0 aliphatic heterocycles. The second-order valence-electron chi connectivity index (χ2n) is 5.49. The first kappa shape index (κ1) is 15.9. The monoisotopic (exact) mass is 265 g/mol. The molecule has 0 saturated heterocycles. The van der Waals surface area contributed by atoms with Gasteiger partial charge in [-0.25, -0.2) is 4.98 Å². The van der Waals surface area contributed by atoms with Crippen molar-refractivity contribution in [2.75, 3.05) is 13.2 Å². The zero-order valence-electron chi connectivity index (χ0n) is 12.8. The Morgan fingerprint density at radius 3 is 2.37 bits per heavy atom. The van der Waals surface area contributed by atoms with Crippen LogP contribution in [0.15, 0.2) is 18.3 Å². The van der Waals surface area contributed by atoms with Gasteiger partial charge in [0.25, 0.3) is 0 Å². The highest BCUT2D eigenvalue weighted by Crippen LogP contribution is 2.14. The van der Waals surface area contributed by atoms with Crippen molar-refractivity contribution in [1.82, 2.24) is 9.88 Å². The highest BCUT2D eigenvalue weighted by molar-refractivity contribution is 5.22. The maximum Gasteiger partial charge on any atom is 0.213 e. The molecule has 1 atom stereocenters. The molecule has 4 heteroatoms. The molecule has 1 aromatic rings. The molecule has 0 spiro atoms. The molecule has 0 fully saturated rings. The molecule has 4 nitrogen and oxygen atoms in total. The van der Waals surface area contributed by atoms with Gasteiger partial charge < -0.3 is 10.5 Å². The number of hydrogen-bond acceptors (Lipinski definition) is 4. The van der Waals surface area contributed by atoms with Crippen LogP contribution in [0.2, 0.25) is 0 Å². The second kappa shape index (κ2) is 7.46. The van der Waals surface area contributed by atoms with E-state index in [0.29, 0.717) is 24.6 Å². The molecule has 1 unspecified atom stereocenters. The highest BCUT2D eigenvalue weighted by atomic mass is 16.5. The molecule has 108 valence electrons. The lowest BCUT2D eigenvalue weighted by Crippen LogP contribution is -2.39. The minimum absolute atomic E-state index is 0.00757. The minimum Gasteiger partial charge on any atom is -0.476 e. The van der Waals surface area contributed by atoms with Crippen molar-refractivity contribution in [3.05, 3.63) is 23.9 Å². The molecule has 0 aromatic carbocycles. The van der Waals surface area contributed by atoms with Gasteiger partial charge in [-0.1, -0.05) is 0 Å². The van der Waals surface area contributed by atoms with Crippen LogP contribution in [0.3, 0.4) is 0 Å². The summed E-state index contributed by atoms with van der Waals surface area (Å²) in [7, 11) is 0. The summed E-state index contributed by atoms with van der Waals surface area (Å²) < 4.78 is 5.72. The largest absolute Gasteiger partial charge is 0.476 e. The third-order valence-electron chi connectivity index (χ3n) is 3.21. The molecule has 0 saturated carbocycles. The third-order valence-corrected chi connectivity index (χ3v) is 3.21. The van der Waals surface area contributed by atoms with Gasteiger partial charge in [0.15, 0.2) is 0 Å². The van der Waals surface area contributed by atoms with Crippen molar-refractivity contribution in [3.63, 3.8) is 0 Å². The van der Waals surface area contributed by atoms with Gasteiger partial charge in [-0.05, 0) is 46.2 Å². The summed E-state index contributed by atoms with van der Waals surface area (Å²) in [5.41, 5.74) is 6.90. The van der Waals surface area contributed by atoms with E-state index in [4.69, 9.17) is 10.5 Å². The van der Waals surface area contributed by atoms with Crippen molar-refractivity contribution in [2.24, 2.45) is 5.73 Å². The van der Waals surface area contributed by atoms with Crippen molar-refractivity contribution < 1.29 is 4.74 Å². The molecule has 1 rings (SSSR count). The van der Waals surface area contributed by atoms with E-state index in [0.717, 1.165) is 12.1 Å². The zero-order valence-corrected chi connectivity index (χ0v) is 12.8. The van der Waals surface area contributed by atoms with E-state index in [9.17, 15) is 0 Å². The SMILES string of the molecule is CC(N)c1ccnc(OCCN(C(C)C)C(C)C)c1. The number of nitrogens with two attached hydrogens (primary N) is 1. The average Bonchev–Trinajstić information content (AvgIpc) is 2.34. The number of pyridine rings is 1. The maximum atomic E-state index is 5.85. The predicted molar refractivity (Wildman–Crippen MR) is 79.3 cm³/mol. The van der Waals surface area contributed by atoms with Crippen LogP contribution in [0.5, 0.6) is 5.88 Å². The smallest absolute Gasteiger partial charge is 0.213 e. The second-order valence-corrected chi connectivity index (χ2v) is 5.49. The molecule has 0 amide bonds. The van der Waals surface area contributed by atoms with E-state index in [1.165, 1.54) is 0 Å². The van der Waals surface area contributed by atoms with Crippen LogP contribution in [-0.4, -0.2) is 35.1 Å². The zero-order chi connectivity index (χ0) is 14.4. The molecule has 2 N–H and O–H groups in total. The Balaban J connectivity index is 2.50. The molecule has 0 bridgehead atoms. The van der Waals surface area contributed by atoms with Gasteiger partial charge in [-0.15, -0.1) is 0 Å². The summed E-state index contributed by atoms with van der Waals surface area (Å²) in [6.07, 6.45) is 1.75. The molecule has 0 radical (unpaired) electrons. The van der Waals surface area contributed by atoms with Gasteiger partial charge in [-0.3, -0.25) is 4.90 Å². The maximum absolute atomic E-state index is 5.85. The summed E-state index contributed by atoms with van der Waals surface area (Å²) in [4.78, 5) is 6.61. The molecule has 0 aliphatic carbocycles. The Labute approximate surface area is 117 Å². The van der Waals surface area contributed by atoms with E-state index in [-0.39, 0.29) is 6.04 Å². The van der Waals surface area contributed by atoms with Crippen molar-refractivity contribution >= 4 is 0 Å². The number of ether oxygens (including phenoxy) is 1. The van der Waals surface area contributed by atoms with E-state index in [1.807, 2.05) is 19.1 Å².